The van der Waals surface area contributed by atoms with E-state index in [0.717, 1.165) is 12.8 Å². The normalized spacial score (nSPS) is 14.8. The Labute approximate surface area is 153 Å². The molecule has 1 aliphatic carbocycles. The van der Waals surface area contributed by atoms with Crippen LogP contribution in [0.15, 0.2) is 48.5 Å². The average molecular weight is 356 g/mol. The van der Waals surface area contributed by atoms with Crippen LogP contribution in [-0.4, -0.2) is 25.1 Å². The molecule has 0 heterocycles. The van der Waals surface area contributed by atoms with Crippen molar-refractivity contribution in [1.82, 2.24) is 5.32 Å². The molecule has 4 nitrogen and oxygen atoms in total. The van der Waals surface area contributed by atoms with Gasteiger partial charge in [0.2, 0.25) is 5.91 Å². The van der Waals surface area contributed by atoms with Crippen molar-refractivity contribution in [2.45, 2.75) is 38.2 Å². The van der Waals surface area contributed by atoms with Crippen molar-refractivity contribution >= 4 is 11.6 Å². The predicted octanol–water partition coefficient (Wildman–Crippen LogP) is 3.87. The fourth-order valence-corrected chi connectivity index (χ4v) is 3.00. The first-order valence-electron chi connectivity index (χ1n) is 9.01. The number of benzene rings is 2. The van der Waals surface area contributed by atoms with Crippen molar-refractivity contribution in [3.8, 4) is 5.75 Å². The molecule has 1 fully saturated rings. The van der Waals surface area contributed by atoms with Gasteiger partial charge in [-0.3, -0.25) is 4.79 Å². The summed E-state index contributed by atoms with van der Waals surface area (Å²) in [5, 5.41) is 5.81. The third-order valence-electron chi connectivity index (χ3n) is 4.62. The van der Waals surface area contributed by atoms with Crippen LogP contribution in [0.5, 0.6) is 5.75 Å². The topological polar surface area (TPSA) is 50.4 Å². The Hall–Kier alpha value is -2.56. The van der Waals surface area contributed by atoms with Crippen LogP contribution in [0.3, 0.4) is 0 Å². The van der Waals surface area contributed by atoms with Crippen molar-refractivity contribution in [3.63, 3.8) is 0 Å². The van der Waals surface area contributed by atoms with E-state index in [9.17, 15) is 9.18 Å². The molecule has 2 aromatic carbocycles. The van der Waals surface area contributed by atoms with Gasteiger partial charge in [-0.05, 0) is 44.4 Å². The van der Waals surface area contributed by atoms with E-state index in [4.69, 9.17) is 4.74 Å². The second-order valence-corrected chi connectivity index (χ2v) is 7.08. The first-order chi connectivity index (χ1) is 12.5. The van der Waals surface area contributed by atoms with E-state index in [1.54, 1.807) is 12.1 Å². The number of carbonyl (C=O) groups excluding carboxylic acids is 1. The summed E-state index contributed by atoms with van der Waals surface area (Å²) in [6, 6.07) is 14.9. The molecule has 5 heteroatoms. The number of hydrogen-bond acceptors (Lipinski definition) is 3. The van der Waals surface area contributed by atoms with Gasteiger partial charge >= 0.3 is 0 Å². The van der Waals surface area contributed by atoms with Crippen LogP contribution < -0.4 is 15.4 Å². The zero-order valence-corrected chi connectivity index (χ0v) is 15.2. The smallest absolute Gasteiger partial charge is 0.239 e. The Morgan fingerprint density at radius 1 is 1.19 bits per heavy atom. The first-order valence-corrected chi connectivity index (χ1v) is 9.01. The maximum atomic E-state index is 14.1. The minimum atomic E-state index is -0.432. The van der Waals surface area contributed by atoms with Gasteiger partial charge in [0.25, 0.3) is 0 Å². The number of anilines is 1. The Morgan fingerprint density at radius 2 is 1.92 bits per heavy atom. The van der Waals surface area contributed by atoms with E-state index in [1.807, 2.05) is 32.0 Å². The van der Waals surface area contributed by atoms with Crippen molar-refractivity contribution in [2.24, 2.45) is 0 Å². The Bertz CT molecular complexity index is 758. The highest BCUT2D eigenvalue weighted by molar-refractivity contribution is 5.81. The van der Waals surface area contributed by atoms with Gasteiger partial charge in [-0.2, -0.15) is 0 Å². The Balaban J connectivity index is 1.49. The zero-order chi connectivity index (χ0) is 18.6. The summed E-state index contributed by atoms with van der Waals surface area (Å²) < 4.78 is 19.5. The maximum Gasteiger partial charge on any atom is 0.239 e. The van der Waals surface area contributed by atoms with Crippen molar-refractivity contribution in [1.29, 1.82) is 0 Å². The monoisotopic (exact) mass is 356 g/mol. The average Bonchev–Trinajstić information content (AvgIpc) is 3.41. The Morgan fingerprint density at radius 3 is 2.54 bits per heavy atom. The quantitative estimate of drug-likeness (QED) is 0.755. The standard InChI is InChI=1S/C21H25FN2O2/c1-15(2)26-17-8-9-19(18(22)12-17)23-13-20(25)24-14-21(10-11-21)16-6-4-3-5-7-16/h3-9,12,15,23H,10-11,13-14H2,1-2H3,(H,24,25). The van der Waals surface area contributed by atoms with E-state index >= 15 is 0 Å². The lowest BCUT2D eigenvalue weighted by molar-refractivity contribution is -0.119. The zero-order valence-electron chi connectivity index (χ0n) is 15.2. The fourth-order valence-electron chi connectivity index (χ4n) is 3.00. The molecule has 26 heavy (non-hydrogen) atoms. The molecule has 0 unspecified atom stereocenters. The molecular weight excluding hydrogens is 331 g/mol. The number of amides is 1. The SMILES string of the molecule is CC(C)Oc1ccc(NCC(=O)NCC2(c3ccccc3)CC2)c(F)c1. The van der Waals surface area contributed by atoms with Gasteiger partial charge in [-0.25, -0.2) is 4.39 Å². The molecule has 0 saturated heterocycles. The largest absolute Gasteiger partial charge is 0.491 e. The lowest BCUT2D eigenvalue weighted by Gasteiger charge is -2.17. The van der Waals surface area contributed by atoms with Gasteiger partial charge in [0.15, 0.2) is 0 Å². The highest BCUT2D eigenvalue weighted by Gasteiger charge is 2.44. The molecule has 3 rings (SSSR count). The van der Waals surface area contributed by atoms with E-state index in [-0.39, 0.29) is 24.0 Å². The van der Waals surface area contributed by atoms with Gasteiger partial charge in [0.05, 0.1) is 18.3 Å². The first kappa shape index (κ1) is 18.2. The van der Waals surface area contributed by atoms with E-state index in [0.29, 0.717) is 18.0 Å². The minimum absolute atomic E-state index is 0.0154. The van der Waals surface area contributed by atoms with Crippen molar-refractivity contribution < 1.29 is 13.9 Å². The van der Waals surface area contributed by atoms with E-state index in [2.05, 4.69) is 22.8 Å². The fraction of sp³-hybridized carbons (Fsp3) is 0.381. The molecule has 2 N–H and O–H groups in total. The number of nitrogens with one attached hydrogen (secondary N) is 2. The molecular formula is C21H25FN2O2. The number of hydrogen-bond donors (Lipinski definition) is 2. The molecule has 0 atom stereocenters. The summed E-state index contributed by atoms with van der Waals surface area (Å²) in [5.41, 5.74) is 1.62. The van der Waals surface area contributed by atoms with Gasteiger partial charge in [0, 0.05) is 18.0 Å². The molecule has 1 aliphatic rings. The van der Waals surface area contributed by atoms with Crippen LogP contribution in [0.4, 0.5) is 10.1 Å². The highest BCUT2D eigenvalue weighted by Crippen LogP contribution is 2.47. The van der Waals surface area contributed by atoms with E-state index in [1.165, 1.54) is 11.6 Å². The lowest BCUT2D eigenvalue weighted by atomic mass is 9.96. The predicted molar refractivity (Wildman–Crippen MR) is 101 cm³/mol. The van der Waals surface area contributed by atoms with Crippen LogP contribution in [0.1, 0.15) is 32.3 Å². The van der Waals surface area contributed by atoms with Crippen LogP contribution in [0.25, 0.3) is 0 Å². The maximum absolute atomic E-state index is 14.1. The third-order valence-corrected chi connectivity index (χ3v) is 4.62. The lowest BCUT2D eigenvalue weighted by Crippen LogP contribution is -2.36. The molecule has 0 aromatic heterocycles. The van der Waals surface area contributed by atoms with Crippen molar-refractivity contribution in [3.05, 3.63) is 59.9 Å². The van der Waals surface area contributed by atoms with Crippen molar-refractivity contribution in [2.75, 3.05) is 18.4 Å². The summed E-state index contributed by atoms with van der Waals surface area (Å²) >= 11 is 0. The summed E-state index contributed by atoms with van der Waals surface area (Å²) in [5.74, 6) is -0.0981. The summed E-state index contributed by atoms with van der Waals surface area (Å²) in [6.45, 7) is 4.42. The molecule has 138 valence electrons. The number of carbonyl (C=O) groups is 1. The molecule has 0 spiro atoms. The molecule has 0 aliphatic heterocycles. The molecule has 1 amide bonds. The van der Waals surface area contributed by atoms with Gasteiger partial charge in [-0.15, -0.1) is 0 Å². The number of rotatable bonds is 8. The summed E-state index contributed by atoms with van der Waals surface area (Å²) in [4.78, 5) is 12.1. The Kier molecular flexibility index (Phi) is 5.45. The number of ether oxygens (including phenoxy) is 1. The highest BCUT2D eigenvalue weighted by atomic mass is 19.1. The molecule has 1 saturated carbocycles. The van der Waals surface area contributed by atoms with Crippen LogP contribution in [0, 0.1) is 5.82 Å². The minimum Gasteiger partial charge on any atom is -0.491 e. The third kappa shape index (κ3) is 4.54. The second kappa shape index (κ2) is 7.77. The van der Waals surface area contributed by atoms with Crippen LogP contribution >= 0.6 is 0 Å². The summed E-state index contributed by atoms with van der Waals surface area (Å²) in [7, 11) is 0. The van der Waals surface area contributed by atoms with Gasteiger partial charge in [0.1, 0.15) is 11.6 Å². The molecule has 2 aromatic rings. The molecule has 0 bridgehead atoms. The van der Waals surface area contributed by atoms with Gasteiger partial charge in [-0.1, -0.05) is 30.3 Å². The van der Waals surface area contributed by atoms with E-state index < -0.39 is 5.82 Å². The van der Waals surface area contributed by atoms with Gasteiger partial charge < -0.3 is 15.4 Å². The summed E-state index contributed by atoms with van der Waals surface area (Å²) in [6.07, 6.45) is 2.14. The molecule has 0 radical (unpaired) electrons. The van der Waals surface area contributed by atoms with Crippen LogP contribution in [0.2, 0.25) is 0 Å². The van der Waals surface area contributed by atoms with Crippen LogP contribution in [-0.2, 0) is 10.2 Å². The number of halogens is 1. The second-order valence-electron chi connectivity index (χ2n) is 7.08.